The lowest BCUT2D eigenvalue weighted by Gasteiger charge is -2.30. The molecule has 0 aliphatic rings. The lowest BCUT2D eigenvalue weighted by molar-refractivity contribution is -0.121. The zero-order valence-electron chi connectivity index (χ0n) is 15.1. The predicted octanol–water partition coefficient (Wildman–Crippen LogP) is 3.59. The van der Waals surface area contributed by atoms with E-state index in [-0.39, 0.29) is 36.3 Å². The van der Waals surface area contributed by atoms with Gasteiger partial charge in [0.15, 0.2) is 0 Å². The van der Waals surface area contributed by atoms with Crippen LogP contribution in [0.1, 0.15) is 37.3 Å². The van der Waals surface area contributed by atoms with Crippen LogP contribution in [0, 0.1) is 11.2 Å². The van der Waals surface area contributed by atoms with Crippen LogP contribution >= 0.6 is 11.3 Å². The second kappa shape index (κ2) is 8.80. The molecule has 7 heteroatoms. The van der Waals surface area contributed by atoms with Gasteiger partial charge in [-0.3, -0.25) is 4.79 Å². The second-order valence-electron chi connectivity index (χ2n) is 7.04. The number of hydrogen-bond acceptors (Lipinski definition) is 3. The fourth-order valence-electron chi connectivity index (χ4n) is 2.39. The van der Waals surface area contributed by atoms with Crippen molar-refractivity contribution in [2.45, 2.75) is 33.4 Å². The number of hydrogen-bond donors (Lipinski definition) is 3. The van der Waals surface area contributed by atoms with E-state index in [1.807, 2.05) is 17.5 Å². The average Bonchev–Trinajstić information content (AvgIpc) is 3.10. The first kappa shape index (κ1) is 19.9. The molecule has 0 fully saturated rings. The molecule has 0 spiro atoms. The number of carbonyl (C=O) groups excluding carboxylic acids is 2. The second-order valence-corrected chi connectivity index (χ2v) is 8.02. The highest BCUT2D eigenvalue weighted by atomic mass is 32.1. The molecule has 1 atom stereocenters. The molecule has 0 saturated carbocycles. The molecular formula is C19H24FN3O2S. The minimum atomic E-state index is -0.451. The largest absolute Gasteiger partial charge is 0.346 e. The maximum Gasteiger partial charge on any atom is 0.315 e. The van der Waals surface area contributed by atoms with Crippen molar-refractivity contribution >= 4 is 23.3 Å². The van der Waals surface area contributed by atoms with Crippen molar-refractivity contribution < 1.29 is 14.0 Å². The summed E-state index contributed by atoms with van der Waals surface area (Å²) in [5, 5.41) is 10.1. The number of halogens is 1. The minimum absolute atomic E-state index is 0.118. The number of amides is 3. The van der Waals surface area contributed by atoms with Gasteiger partial charge in [0.2, 0.25) is 5.91 Å². The summed E-state index contributed by atoms with van der Waals surface area (Å²) < 4.78 is 12.8. The SMILES string of the molecule is CC(C)(C)C(NC(=O)CNC(=O)NCc1ccc(F)cc1)c1cccs1. The Morgan fingerprint density at radius 3 is 2.38 bits per heavy atom. The molecule has 1 aromatic heterocycles. The summed E-state index contributed by atoms with van der Waals surface area (Å²) in [7, 11) is 0. The van der Waals surface area contributed by atoms with E-state index in [9.17, 15) is 14.0 Å². The topological polar surface area (TPSA) is 70.2 Å². The summed E-state index contributed by atoms with van der Waals surface area (Å²) in [5.41, 5.74) is 0.627. The van der Waals surface area contributed by atoms with E-state index in [1.54, 1.807) is 23.5 Å². The van der Waals surface area contributed by atoms with Gasteiger partial charge in [0, 0.05) is 11.4 Å². The van der Waals surface area contributed by atoms with Crippen molar-refractivity contribution in [1.29, 1.82) is 0 Å². The molecule has 1 heterocycles. The maximum absolute atomic E-state index is 12.8. The average molecular weight is 377 g/mol. The molecule has 5 nitrogen and oxygen atoms in total. The first-order chi connectivity index (χ1) is 12.3. The van der Waals surface area contributed by atoms with Crippen LogP contribution in [0.25, 0.3) is 0 Å². The van der Waals surface area contributed by atoms with Gasteiger partial charge < -0.3 is 16.0 Å². The summed E-state index contributed by atoms with van der Waals surface area (Å²) >= 11 is 1.59. The summed E-state index contributed by atoms with van der Waals surface area (Å²) in [6.45, 7) is 6.31. The molecule has 0 radical (unpaired) electrons. The lowest BCUT2D eigenvalue weighted by Crippen LogP contribution is -2.44. The van der Waals surface area contributed by atoms with Gasteiger partial charge in [-0.2, -0.15) is 0 Å². The van der Waals surface area contributed by atoms with E-state index >= 15 is 0 Å². The number of nitrogens with one attached hydrogen (secondary N) is 3. The Kier molecular flexibility index (Phi) is 6.74. The van der Waals surface area contributed by atoms with Gasteiger partial charge in [-0.05, 0) is 34.6 Å². The molecule has 0 aliphatic carbocycles. The van der Waals surface area contributed by atoms with Crippen LogP contribution in [0.4, 0.5) is 9.18 Å². The minimum Gasteiger partial charge on any atom is -0.346 e. The van der Waals surface area contributed by atoms with Crippen LogP contribution in [0.2, 0.25) is 0 Å². The van der Waals surface area contributed by atoms with Gasteiger partial charge in [-0.1, -0.05) is 39.0 Å². The van der Waals surface area contributed by atoms with Gasteiger partial charge in [-0.25, -0.2) is 9.18 Å². The van der Waals surface area contributed by atoms with Gasteiger partial charge in [-0.15, -0.1) is 11.3 Å². The van der Waals surface area contributed by atoms with Crippen molar-refractivity contribution in [3.05, 3.63) is 58.0 Å². The van der Waals surface area contributed by atoms with Gasteiger partial charge >= 0.3 is 6.03 Å². The highest BCUT2D eigenvalue weighted by Gasteiger charge is 2.28. The van der Waals surface area contributed by atoms with Crippen molar-refractivity contribution in [3.8, 4) is 0 Å². The predicted molar refractivity (Wildman–Crippen MR) is 101 cm³/mol. The normalized spacial score (nSPS) is 12.3. The summed E-state index contributed by atoms with van der Waals surface area (Å²) in [4.78, 5) is 25.1. The Balaban J connectivity index is 1.79. The Hall–Kier alpha value is -2.41. The van der Waals surface area contributed by atoms with E-state index in [4.69, 9.17) is 0 Å². The summed E-state index contributed by atoms with van der Waals surface area (Å²) in [6, 6.07) is 9.22. The molecule has 1 aromatic carbocycles. The van der Waals surface area contributed by atoms with Crippen molar-refractivity contribution in [1.82, 2.24) is 16.0 Å². The van der Waals surface area contributed by atoms with Gasteiger partial charge in [0.05, 0.1) is 12.6 Å². The summed E-state index contributed by atoms with van der Waals surface area (Å²) in [5.74, 6) is -0.579. The fourth-order valence-corrected chi connectivity index (χ4v) is 3.41. The highest BCUT2D eigenvalue weighted by molar-refractivity contribution is 7.10. The molecule has 3 amide bonds. The smallest absolute Gasteiger partial charge is 0.315 e. The number of rotatable bonds is 6. The molecular weight excluding hydrogens is 353 g/mol. The molecule has 2 aromatic rings. The Morgan fingerprint density at radius 1 is 1.12 bits per heavy atom. The van der Waals surface area contributed by atoms with E-state index < -0.39 is 6.03 Å². The first-order valence-corrected chi connectivity index (χ1v) is 9.22. The third kappa shape index (κ3) is 6.15. The van der Waals surface area contributed by atoms with Crippen LogP contribution in [0.15, 0.2) is 41.8 Å². The van der Waals surface area contributed by atoms with Crippen LogP contribution in [0.3, 0.4) is 0 Å². The van der Waals surface area contributed by atoms with Crippen LogP contribution < -0.4 is 16.0 Å². The summed E-state index contributed by atoms with van der Waals surface area (Å²) in [6.07, 6.45) is 0. The van der Waals surface area contributed by atoms with Crippen LogP contribution in [0.5, 0.6) is 0 Å². The van der Waals surface area contributed by atoms with Crippen molar-refractivity contribution in [3.63, 3.8) is 0 Å². The third-order valence-electron chi connectivity index (χ3n) is 3.77. The van der Waals surface area contributed by atoms with Gasteiger partial charge in [0.1, 0.15) is 5.82 Å². The maximum atomic E-state index is 12.8. The molecule has 26 heavy (non-hydrogen) atoms. The third-order valence-corrected chi connectivity index (χ3v) is 4.71. The quantitative estimate of drug-likeness (QED) is 0.720. The fraction of sp³-hybridized carbons (Fsp3) is 0.368. The Labute approximate surface area is 157 Å². The standard InChI is InChI=1S/C19H24FN3O2S/c1-19(2,3)17(15-5-4-10-26-15)23-16(24)12-22-18(25)21-11-13-6-8-14(20)9-7-13/h4-10,17H,11-12H2,1-3H3,(H,23,24)(H2,21,22,25). The molecule has 3 N–H and O–H groups in total. The Morgan fingerprint density at radius 2 is 1.81 bits per heavy atom. The van der Waals surface area contributed by atoms with Gasteiger partial charge in [0.25, 0.3) is 0 Å². The van der Waals surface area contributed by atoms with Crippen molar-refractivity contribution in [2.24, 2.45) is 5.41 Å². The molecule has 0 saturated heterocycles. The zero-order chi connectivity index (χ0) is 19.2. The monoisotopic (exact) mass is 377 g/mol. The number of thiophene rings is 1. The van der Waals surface area contributed by atoms with Crippen molar-refractivity contribution in [2.75, 3.05) is 6.54 Å². The number of benzene rings is 1. The number of carbonyl (C=O) groups is 2. The van der Waals surface area contributed by atoms with E-state index in [1.165, 1.54) is 12.1 Å². The van der Waals surface area contributed by atoms with Crippen LogP contribution in [-0.4, -0.2) is 18.5 Å². The first-order valence-electron chi connectivity index (χ1n) is 8.34. The molecule has 0 bridgehead atoms. The number of urea groups is 1. The zero-order valence-corrected chi connectivity index (χ0v) is 16.0. The molecule has 140 valence electrons. The molecule has 2 rings (SSSR count). The van der Waals surface area contributed by atoms with E-state index in [0.29, 0.717) is 0 Å². The lowest BCUT2D eigenvalue weighted by atomic mass is 9.86. The molecule has 0 aliphatic heterocycles. The highest BCUT2D eigenvalue weighted by Crippen LogP contribution is 2.34. The molecule has 1 unspecified atom stereocenters. The van der Waals surface area contributed by atoms with E-state index in [2.05, 4.69) is 36.7 Å². The van der Waals surface area contributed by atoms with E-state index in [0.717, 1.165) is 10.4 Å². The Bertz CT molecular complexity index is 724. The van der Waals surface area contributed by atoms with Crippen LogP contribution in [-0.2, 0) is 11.3 Å².